The maximum Gasteiger partial charge on any atom is 0.404 e. The molecular formula is C10H15F3N2O3. The summed E-state index contributed by atoms with van der Waals surface area (Å²) in [5.41, 5.74) is -2.42. The SMILES string of the molecule is O=C(N1CC(O)C(O)C1)C1(C(F)(F)F)CCNC1. The second kappa shape index (κ2) is 4.36. The van der Waals surface area contributed by atoms with Gasteiger partial charge in [-0.25, -0.2) is 0 Å². The van der Waals surface area contributed by atoms with Gasteiger partial charge in [-0.1, -0.05) is 0 Å². The van der Waals surface area contributed by atoms with Gasteiger partial charge in [-0.05, 0) is 13.0 Å². The summed E-state index contributed by atoms with van der Waals surface area (Å²) in [6.45, 7) is -0.822. The van der Waals surface area contributed by atoms with E-state index in [0.717, 1.165) is 4.90 Å². The van der Waals surface area contributed by atoms with Crippen LogP contribution in [0, 0.1) is 5.41 Å². The summed E-state index contributed by atoms with van der Waals surface area (Å²) in [7, 11) is 0. The number of rotatable bonds is 1. The fourth-order valence-corrected chi connectivity index (χ4v) is 2.48. The molecule has 0 aromatic carbocycles. The van der Waals surface area contributed by atoms with Gasteiger partial charge in [0.05, 0.1) is 12.2 Å². The molecule has 5 nitrogen and oxygen atoms in total. The van der Waals surface area contributed by atoms with E-state index in [1.807, 2.05) is 0 Å². The van der Waals surface area contributed by atoms with E-state index < -0.39 is 36.3 Å². The number of amides is 1. The molecule has 104 valence electrons. The van der Waals surface area contributed by atoms with Crippen molar-refractivity contribution in [3.05, 3.63) is 0 Å². The van der Waals surface area contributed by atoms with Gasteiger partial charge < -0.3 is 20.4 Å². The number of alkyl halides is 3. The average molecular weight is 268 g/mol. The van der Waals surface area contributed by atoms with Gasteiger partial charge in [0.1, 0.15) is 0 Å². The van der Waals surface area contributed by atoms with E-state index in [1.165, 1.54) is 0 Å². The molecule has 2 aliphatic heterocycles. The van der Waals surface area contributed by atoms with Crippen LogP contribution in [0.1, 0.15) is 6.42 Å². The molecule has 2 saturated heterocycles. The fourth-order valence-electron chi connectivity index (χ4n) is 2.48. The number of nitrogens with one attached hydrogen (secondary N) is 1. The maximum atomic E-state index is 13.1. The van der Waals surface area contributed by atoms with Gasteiger partial charge in [-0.15, -0.1) is 0 Å². The van der Waals surface area contributed by atoms with Crippen molar-refractivity contribution in [2.45, 2.75) is 24.8 Å². The van der Waals surface area contributed by atoms with Gasteiger partial charge in [-0.2, -0.15) is 13.2 Å². The number of likely N-dealkylation sites (tertiary alicyclic amines) is 1. The van der Waals surface area contributed by atoms with Crippen LogP contribution in [0.25, 0.3) is 0 Å². The Hall–Kier alpha value is -0.860. The van der Waals surface area contributed by atoms with Crippen molar-refractivity contribution in [1.29, 1.82) is 0 Å². The third kappa shape index (κ3) is 1.98. The molecule has 3 N–H and O–H groups in total. The Labute approximate surface area is 102 Å². The minimum absolute atomic E-state index is 0.129. The molecule has 2 heterocycles. The third-order valence-corrected chi connectivity index (χ3v) is 3.65. The molecule has 0 aliphatic carbocycles. The molecule has 8 heteroatoms. The third-order valence-electron chi connectivity index (χ3n) is 3.65. The number of aliphatic hydroxyl groups excluding tert-OH is 2. The van der Waals surface area contributed by atoms with Crippen molar-refractivity contribution in [2.24, 2.45) is 5.41 Å². The first kappa shape index (κ1) is 13.6. The summed E-state index contributed by atoms with van der Waals surface area (Å²) >= 11 is 0. The summed E-state index contributed by atoms with van der Waals surface area (Å²) in [5.74, 6) is -1.06. The van der Waals surface area contributed by atoms with Crippen LogP contribution in [0.2, 0.25) is 0 Å². The second-order valence-corrected chi connectivity index (χ2v) is 4.85. The molecule has 1 amide bonds. The Morgan fingerprint density at radius 1 is 1.28 bits per heavy atom. The summed E-state index contributed by atoms with van der Waals surface area (Å²) in [4.78, 5) is 12.9. The number of carbonyl (C=O) groups excluding carboxylic acids is 1. The molecule has 0 aromatic heterocycles. The van der Waals surface area contributed by atoms with Gasteiger partial charge in [0, 0.05) is 19.6 Å². The van der Waals surface area contributed by atoms with Gasteiger partial charge in [-0.3, -0.25) is 4.79 Å². The zero-order valence-electron chi connectivity index (χ0n) is 9.57. The van der Waals surface area contributed by atoms with Crippen LogP contribution in [-0.4, -0.2) is 65.6 Å². The van der Waals surface area contributed by atoms with Crippen LogP contribution in [0.15, 0.2) is 0 Å². The lowest BCUT2D eigenvalue weighted by atomic mass is 9.84. The second-order valence-electron chi connectivity index (χ2n) is 4.85. The van der Waals surface area contributed by atoms with Crippen LogP contribution in [0.3, 0.4) is 0 Å². The zero-order chi connectivity index (χ0) is 13.6. The molecule has 3 atom stereocenters. The normalized spacial score (nSPS) is 37.3. The quantitative estimate of drug-likeness (QED) is 0.576. The zero-order valence-corrected chi connectivity index (χ0v) is 9.57. The molecule has 0 radical (unpaired) electrons. The largest absolute Gasteiger partial charge is 0.404 e. The van der Waals surface area contributed by atoms with Gasteiger partial charge in [0.2, 0.25) is 5.91 Å². The van der Waals surface area contributed by atoms with E-state index >= 15 is 0 Å². The molecule has 2 rings (SSSR count). The lowest BCUT2D eigenvalue weighted by Gasteiger charge is -2.33. The van der Waals surface area contributed by atoms with Crippen molar-refractivity contribution in [1.82, 2.24) is 10.2 Å². The van der Waals surface area contributed by atoms with E-state index in [0.29, 0.717) is 0 Å². The van der Waals surface area contributed by atoms with Crippen LogP contribution in [0.5, 0.6) is 0 Å². The first-order chi connectivity index (χ1) is 8.28. The van der Waals surface area contributed by atoms with E-state index in [1.54, 1.807) is 0 Å². The van der Waals surface area contributed by atoms with Crippen LogP contribution >= 0.6 is 0 Å². The molecule has 2 fully saturated rings. The summed E-state index contributed by atoms with van der Waals surface area (Å²) in [6.07, 6.45) is -7.29. The number of carbonyl (C=O) groups is 1. The Morgan fingerprint density at radius 2 is 1.83 bits per heavy atom. The highest BCUT2D eigenvalue weighted by Gasteiger charge is 2.63. The highest BCUT2D eigenvalue weighted by atomic mass is 19.4. The van der Waals surface area contributed by atoms with Gasteiger partial charge in [0.25, 0.3) is 0 Å². The number of halogens is 3. The minimum atomic E-state index is -4.63. The highest BCUT2D eigenvalue weighted by molar-refractivity contribution is 5.84. The maximum absolute atomic E-state index is 13.1. The molecule has 0 spiro atoms. The number of β-amino-alcohol motifs (C(OH)–C–C–N with tert-alkyl or cyclic N) is 2. The van der Waals surface area contributed by atoms with Crippen molar-refractivity contribution >= 4 is 5.91 Å². The topological polar surface area (TPSA) is 72.8 Å². The Kier molecular flexibility index (Phi) is 3.28. The molecule has 0 saturated carbocycles. The summed E-state index contributed by atoms with van der Waals surface area (Å²) in [6, 6.07) is 0. The predicted molar refractivity (Wildman–Crippen MR) is 54.6 cm³/mol. The van der Waals surface area contributed by atoms with Crippen LogP contribution < -0.4 is 5.32 Å². The first-order valence-electron chi connectivity index (χ1n) is 5.71. The monoisotopic (exact) mass is 268 g/mol. The Morgan fingerprint density at radius 3 is 2.22 bits per heavy atom. The van der Waals surface area contributed by atoms with E-state index in [-0.39, 0.29) is 26.1 Å². The smallest absolute Gasteiger partial charge is 0.388 e. The van der Waals surface area contributed by atoms with Crippen LogP contribution in [-0.2, 0) is 4.79 Å². The Bertz CT molecular complexity index is 332. The first-order valence-corrected chi connectivity index (χ1v) is 5.71. The van der Waals surface area contributed by atoms with Crippen molar-refractivity contribution in [3.8, 4) is 0 Å². The minimum Gasteiger partial charge on any atom is -0.388 e. The van der Waals surface area contributed by atoms with Crippen molar-refractivity contribution in [2.75, 3.05) is 26.2 Å². The number of hydrogen-bond donors (Lipinski definition) is 3. The molecule has 3 unspecified atom stereocenters. The lowest BCUT2D eigenvalue weighted by molar-refractivity contribution is -0.221. The number of aliphatic hydroxyl groups is 2. The molecular weight excluding hydrogens is 253 g/mol. The average Bonchev–Trinajstić information content (AvgIpc) is 2.85. The van der Waals surface area contributed by atoms with E-state index in [2.05, 4.69) is 5.32 Å². The predicted octanol–water partition coefficient (Wildman–Crippen LogP) is -0.908. The molecule has 0 bridgehead atoms. The lowest BCUT2D eigenvalue weighted by Crippen LogP contribution is -2.53. The highest BCUT2D eigenvalue weighted by Crippen LogP contribution is 2.44. The number of hydrogen-bond acceptors (Lipinski definition) is 4. The molecule has 2 aliphatic rings. The molecule has 0 aromatic rings. The van der Waals surface area contributed by atoms with Gasteiger partial charge >= 0.3 is 6.18 Å². The van der Waals surface area contributed by atoms with Crippen molar-refractivity contribution < 1.29 is 28.2 Å². The summed E-state index contributed by atoms with van der Waals surface area (Å²) in [5, 5.41) is 21.2. The fraction of sp³-hybridized carbons (Fsp3) is 0.900. The summed E-state index contributed by atoms with van der Waals surface area (Å²) < 4.78 is 39.3. The van der Waals surface area contributed by atoms with E-state index in [4.69, 9.17) is 0 Å². The van der Waals surface area contributed by atoms with E-state index in [9.17, 15) is 28.2 Å². The van der Waals surface area contributed by atoms with Crippen molar-refractivity contribution in [3.63, 3.8) is 0 Å². The Balaban J connectivity index is 2.20. The molecule has 18 heavy (non-hydrogen) atoms. The standard InChI is InChI=1S/C10H15F3N2O3/c11-10(12,13)9(1-2-14-5-9)8(18)15-3-6(16)7(17)4-15/h6-7,14,16-17H,1-5H2. The number of nitrogens with zero attached hydrogens (tertiary/aromatic N) is 1. The van der Waals surface area contributed by atoms with Gasteiger partial charge in [0.15, 0.2) is 5.41 Å². The van der Waals surface area contributed by atoms with Crippen LogP contribution in [0.4, 0.5) is 13.2 Å².